The van der Waals surface area contributed by atoms with E-state index in [1.165, 1.54) is 27.5 Å². The Kier molecular flexibility index (Phi) is 4.89. The molecule has 3 aromatic rings. The molecule has 0 fully saturated rings. The molecule has 7 nitrogen and oxygen atoms in total. The molecule has 1 amide bonds. The number of amides is 1. The molecule has 0 unspecified atom stereocenters. The van der Waals surface area contributed by atoms with Crippen LogP contribution in [0.1, 0.15) is 31.0 Å². The zero-order chi connectivity index (χ0) is 18.8. The van der Waals surface area contributed by atoms with Crippen molar-refractivity contribution in [1.82, 2.24) is 14.6 Å². The third-order valence-electron chi connectivity index (χ3n) is 4.61. The van der Waals surface area contributed by atoms with Gasteiger partial charge in [0.05, 0.1) is 6.54 Å². The summed E-state index contributed by atoms with van der Waals surface area (Å²) in [7, 11) is 0. The van der Waals surface area contributed by atoms with Gasteiger partial charge in [-0.25, -0.2) is 4.98 Å². The zero-order valence-electron chi connectivity index (χ0n) is 15.1. The number of anilines is 2. The topological polar surface area (TPSA) is 79.6 Å². The average molecular weight is 383 g/mol. The fourth-order valence-electron chi connectivity index (χ4n) is 3.35. The number of carbonyl (C=O) groups is 1. The molecule has 0 saturated heterocycles. The summed E-state index contributed by atoms with van der Waals surface area (Å²) in [6, 6.07) is 9.54. The van der Waals surface area contributed by atoms with Gasteiger partial charge < -0.3 is 10.2 Å². The molecule has 8 heteroatoms. The number of benzene rings is 1. The Morgan fingerprint density at radius 3 is 3.04 bits per heavy atom. The third-order valence-corrected chi connectivity index (χ3v) is 5.47. The molecule has 4 rings (SSSR count). The summed E-state index contributed by atoms with van der Waals surface area (Å²) >= 11 is 1.28. The molecule has 1 aromatic carbocycles. The van der Waals surface area contributed by atoms with Gasteiger partial charge in [0, 0.05) is 24.0 Å². The van der Waals surface area contributed by atoms with E-state index in [0.29, 0.717) is 10.1 Å². The van der Waals surface area contributed by atoms with E-state index in [9.17, 15) is 9.59 Å². The van der Waals surface area contributed by atoms with Gasteiger partial charge in [-0.1, -0.05) is 42.9 Å². The molecule has 2 aromatic heterocycles. The Labute approximate surface area is 160 Å². The highest BCUT2D eigenvalue weighted by molar-refractivity contribution is 7.20. The third kappa shape index (κ3) is 3.57. The molecular weight excluding hydrogens is 362 g/mol. The van der Waals surface area contributed by atoms with Gasteiger partial charge in [0.25, 0.3) is 5.56 Å². The SMILES string of the molecule is CCCc1cc(=O)n2nc(NCC(=O)N3CCCc4ccccc43)sc2n1. The molecule has 0 aliphatic carbocycles. The van der Waals surface area contributed by atoms with E-state index in [4.69, 9.17) is 0 Å². The number of fused-ring (bicyclic) bond motifs is 2. The fourth-order valence-corrected chi connectivity index (χ4v) is 4.17. The maximum Gasteiger partial charge on any atom is 0.275 e. The summed E-state index contributed by atoms with van der Waals surface area (Å²) in [5.74, 6) is -0.00613. The Hall–Kier alpha value is -2.74. The van der Waals surface area contributed by atoms with Crippen molar-refractivity contribution in [3.8, 4) is 0 Å². The predicted molar refractivity (Wildman–Crippen MR) is 107 cm³/mol. The van der Waals surface area contributed by atoms with Gasteiger partial charge in [0.1, 0.15) is 0 Å². The molecule has 1 N–H and O–H groups in total. The Morgan fingerprint density at radius 1 is 1.33 bits per heavy atom. The molecular formula is C19H21N5O2S. The van der Waals surface area contributed by atoms with Crippen molar-refractivity contribution in [2.75, 3.05) is 23.3 Å². The molecule has 1 aliphatic rings. The summed E-state index contributed by atoms with van der Waals surface area (Å²) < 4.78 is 1.28. The van der Waals surface area contributed by atoms with Crippen molar-refractivity contribution < 1.29 is 4.79 Å². The first-order valence-electron chi connectivity index (χ1n) is 9.17. The first-order chi connectivity index (χ1) is 13.2. The number of aromatic nitrogens is 3. The number of rotatable bonds is 5. The van der Waals surface area contributed by atoms with Crippen LogP contribution in [0.5, 0.6) is 0 Å². The molecule has 0 bridgehead atoms. The molecule has 1 aliphatic heterocycles. The normalized spacial score (nSPS) is 13.6. The lowest BCUT2D eigenvalue weighted by atomic mass is 10.0. The van der Waals surface area contributed by atoms with Gasteiger partial charge in [-0.2, -0.15) is 4.52 Å². The van der Waals surface area contributed by atoms with Crippen molar-refractivity contribution in [1.29, 1.82) is 0 Å². The summed E-state index contributed by atoms with van der Waals surface area (Å²) in [6.45, 7) is 2.90. The maximum atomic E-state index is 12.7. The van der Waals surface area contributed by atoms with Crippen LogP contribution in [0.4, 0.5) is 10.8 Å². The largest absolute Gasteiger partial charge is 0.351 e. The number of aryl methyl sites for hydroxylation is 2. The second-order valence-electron chi connectivity index (χ2n) is 6.57. The van der Waals surface area contributed by atoms with Crippen LogP contribution in [-0.4, -0.2) is 33.6 Å². The maximum absolute atomic E-state index is 12.7. The van der Waals surface area contributed by atoms with Crippen molar-refractivity contribution in [2.24, 2.45) is 0 Å². The van der Waals surface area contributed by atoms with Crippen LogP contribution in [0.15, 0.2) is 35.1 Å². The minimum absolute atomic E-state index is 0.00613. The molecule has 0 spiro atoms. The van der Waals surface area contributed by atoms with E-state index < -0.39 is 0 Å². The highest BCUT2D eigenvalue weighted by Crippen LogP contribution is 2.26. The van der Waals surface area contributed by atoms with Crippen LogP contribution in [0, 0.1) is 0 Å². The second-order valence-corrected chi connectivity index (χ2v) is 7.52. The van der Waals surface area contributed by atoms with Crippen LogP contribution in [0.3, 0.4) is 0 Å². The Bertz CT molecular complexity index is 1040. The van der Waals surface area contributed by atoms with Gasteiger partial charge in [-0.15, -0.1) is 5.10 Å². The van der Waals surface area contributed by atoms with Crippen LogP contribution in [-0.2, 0) is 17.6 Å². The van der Waals surface area contributed by atoms with Gasteiger partial charge in [-0.05, 0) is 30.9 Å². The summed E-state index contributed by atoms with van der Waals surface area (Å²) in [5.41, 5.74) is 2.78. The van der Waals surface area contributed by atoms with E-state index in [-0.39, 0.29) is 18.0 Å². The lowest BCUT2D eigenvalue weighted by Crippen LogP contribution is -2.39. The van der Waals surface area contributed by atoms with Gasteiger partial charge >= 0.3 is 0 Å². The quantitative estimate of drug-likeness (QED) is 0.732. The highest BCUT2D eigenvalue weighted by atomic mass is 32.1. The lowest BCUT2D eigenvalue weighted by molar-refractivity contribution is -0.117. The van der Waals surface area contributed by atoms with E-state index >= 15 is 0 Å². The number of carbonyl (C=O) groups excluding carboxylic acids is 1. The number of hydrogen-bond acceptors (Lipinski definition) is 6. The minimum Gasteiger partial charge on any atom is -0.351 e. The molecule has 140 valence electrons. The van der Waals surface area contributed by atoms with E-state index in [1.807, 2.05) is 30.0 Å². The van der Waals surface area contributed by atoms with Crippen molar-refractivity contribution >= 4 is 33.0 Å². The Morgan fingerprint density at radius 2 is 2.19 bits per heavy atom. The molecule has 3 heterocycles. The zero-order valence-corrected chi connectivity index (χ0v) is 16.0. The molecule has 0 radical (unpaired) electrons. The molecule has 0 atom stereocenters. The van der Waals surface area contributed by atoms with Crippen molar-refractivity contribution in [3.05, 3.63) is 51.9 Å². The Balaban J connectivity index is 1.50. The van der Waals surface area contributed by atoms with E-state index in [1.54, 1.807) is 0 Å². The predicted octanol–water partition coefficient (Wildman–Crippen LogP) is 2.49. The smallest absolute Gasteiger partial charge is 0.275 e. The second kappa shape index (κ2) is 7.48. The number of nitrogens with zero attached hydrogens (tertiary/aromatic N) is 4. The van der Waals surface area contributed by atoms with E-state index in [0.717, 1.165) is 43.6 Å². The number of hydrogen-bond donors (Lipinski definition) is 1. The number of para-hydroxylation sites is 1. The first kappa shape index (κ1) is 17.7. The van der Waals surface area contributed by atoms with Gasteiger partial charge in [-0.3, -0.25) is 9.59 Å². The first-order valence-corrected chi connectivity index (χ1v) is 9.99. The number of nitrogens with one attached hydrogen (secondary N) is 1. The lowest BCUT2D eigenvalue weighted by Gasteiger charge is -2.29. The monoisotopic (exact) mass is 383 g/mol. The summed E-state index contributed by atoms with van der Waals surface area (Å²) in [4.78, 5) is 31.7. The van der Waals surface area contributed by atoms with Crippen LogP contribution in [0.2, 0.25) is 0 Å². The average Bonchev–Trinajstić information content (AvgIpc) is 3.09. The minimum atomic E-state index is -0.191. The van der Waals surface area contributed by atoms with E-state index in [2.05, 4.69) is 21.5 Å². The van der Waals surface area contributed by atoms with Crippen molar-refractivity contribution in [2.45, 2.75) is 32.6 Å². The summed E-state index contributed by atoms with van der Waals surface area (Å²) in [5, 5.41) is 7.83. The van der Waals surface area contributed by atoms with Crippen molar-refractivity contribution in [3.63, 3.8) is 0 Å². The molecule has 27 heavy (non-hydrogen) atoms. The van der Waals surface area contributed by atoms with Crippen LogP contribution < -0.4 is 15.8 Å². The fraction of sp³-hybridized carbons (Fsp3) is 0.368. The standard InChI is InChI=1S/C19H21N5O2S/c1-2-6-14-11-16(25)24-19(21-14)27-18(22-24)20-12-17(26)23-10-5-8-13-7-3-4-9-15(13)23/h3-4,7,9,11H,2,5-6,8,10,12H2,1H3,(H,20,22). The summed E-state index contributed by atoms with van der Waals surface area (Å²) in [6.07, 6.45) is 3.65. The highest BCUT2D eigenvalue weighted by Gasteiger charge is 2.22. The van der Waals surface area contributed by atoms with Gasteiger partial charge in [0.15, 0.2) is 0 Å². The van der Waals surface area contributed by atoms with Gasteiger partial charge in [0.2, 0.25) is 16.0 Å². The van der Waals surface area contributed by atoms with Crippen LogP contribution >= 0.6 is 11.3 Å². The van der Waals surface area contributed by atoms with Crippen LogP contribution in [0.25, 0.3) is 4.96 Å². The molecule has 0 saturated carbocycles.